The number of nitrogens with zero attached hydrogens (tertiary/aromatic N) is 2. The maximum absolute atomic E-state index is 5.30. The smallest absolute Gasteiger partial charge is 0.0489 e. The highest BCUT2D eigenvalue weighted by Gasteiger charge is 2.31. The molecule has 1 fully saturated rings. The van der Waals surface area contributed by atoms with Crippen LogP contribution in [0.3, 0.4) is 0 Å². The van der Waals surface area contributed by atoms with Crippen molar-refractivity contribution in [2.45, 2.75) is 51.5 Å². The van der Waals surface area contributed by atoms with E-state index in [1.54, 1.807) is 7.11 Å². The summed E-state index contributed by atoms with van der Waals surface area (Å²) in [5.41, 5.74) is 0.415. The first-order valence-corrected chi connectivity index (χ1v) is 6.81. The fraction of sp³-hybridized carbons (Fsp3) is 0.786. The van der Waals surface area contributed by atoms with Crippen LogP contribution in [0.4, 0.5) is 0 Å². The zero-order valence-corrected chi connectivity index (χ0v) is 10.9. The van der Waals surface area contributed by atoms with E-state index in [0.29, 0.717) is 5.41 Å². The number of ether oxygens (including phenoxy) is 1. The van der Waals surface area contributed by atoms with Crippen LogP contribution < -0.4 is 0 Å². The Labute approximate surface area is 104 Å². The van der Waals surface area contributed by atoms with Gasteiger partial charge in [0.05, 0.1) is 0 Å². The second kappa shape index (κ2) is 6.20. The molecule has 1 aromatic rings. The van der Waals surface area contributed by atoms with Crippen molar-refractivity contribution in [1.82, 2.24) is 9.78 Å². The van der Waals surface area contributed by atoms with Crippen LogP contribution in [0.1, 0.15) is 44.9 Å². The fourth-order valence-electron chi connectivity index (χ4n) is 3.02. The van der Waals surface area contributed by atoms with Gasteiger partial charge in [0.15, 0.2) is 0 Å². The van der Waals surface area contributed by atoms with Crippen molar-refractivity contribution in [3.05, 3.63) is 18.5 Å². The van der Waals surface area contributed by atoms with Gasteiger partial charge in [0, 0.05) is 32.7 Å². The normalized spacial score (nSPS) is 20.1. The van der Waals surface area contributed by atoms with Gasteiger partial charge in [0.2, 0.25) is 0 Å². The minimum Gasteiger partial charge on any atom is -0.385 e. The molecule has 0 aromatic carbocycles. The van der Waals surface area contributed by atoms with E-state index in [0.717, 1.165) is 13.2 Å². The topological polar surface area (TPSA) is 27.1 Å². The molecule has 0 unspecified atom stereocenters. The second-order valence-corrected chi connectivity index (χ2v) is 5.36. The molecule has 0 radical (unpaired) electrons. The molecule has 0 spiro atoms. The van der Waals surface area contributed by atoms with Crippen LogP contribution >= 0.6 is 0 Å². The van der Waals surface area contributed by atoms with Gasteiger partial charge in [-0.1, -0.05) is 25.7 Å². The van der Waals surface area contributed by atoms with E-state index in [-0.39, 0.29) is 0 Å². The van der Waals surface area contributed by atoms with Crippen LogP contribution in [-0.2, 0) is 11.3 Å². The highest BCUT2D eigenvalue weighted by atomic mass is 16.5. The Morgan fingerprint density at radius 1 is 1.24 bits per heavy atom. The molecule has 1 aliphatic carbocycles. The average Bonchev–Trinajstić information content (AvgIpc) is 2.73. The van der Waals surface area contributed by atoms with Crippen molar-refractivity contribution in [2.75, 3.05) is 13.7 Å². The van der Waals surface area contributed by atoms with Crippen molar-refractivity contribution in [1.29, 1.82) is 0 Å². The van der Waals surface area contributed by atoms with Crippen molar-refractivity contribution in [3.8, 4) is 0 Å². The molecule has 17 heavy (non-hydrogen) atoms. The molecule has 0 aliphatic heterocycles. The predicted octanol–water partition coefficient (Wildman–Crippen LogP) is 3.26. The van der Waals surface area contributed by atoms with Crippen molar-refractivity contribution in [3.63, 3.8) is 0 Å². The second-order valence-electron chi connectivity index (χ2n) is 5.36. The molecule has 1 aromatic heterocycles. The van der Waals surface area contributed by atoms with E-state index in [9.17, 15) is 0 Å². The molecule has 3 heteroatoms. The van der Waals surface area contributed by atoms with E-state index in [4.69, 9.17) is 4.74 Å². The Balaban J connectivity index is 2.04. The van der Waals surface area contributed by atoms with Crippen LogP contribution in [0.2, 0.25) is 0 Å². The third kappa shape index (κ3) is 3.56. The first-order valence-electron chi connectivity index (χ1n) is 6.81. The quantitative estimate of drug-likeness (QED) is 0.734. The first-order chi connectivity index (χ1) is 8.35. The summed E-state index contributed by atoms with van der Waals surface area (Å²) >= 11 is 0. The van der Waals surface area contributed by atoms with Gasteiger partial charge in [-0.25, -0.2) is 0 Å². The van der Waals surface area contributed by atoms with Crippen LogP contribution in [0.5, 0.6) is 0 Å². The molecule has 0 saturated heterocycles. The molecule has 2 rings (SSSR count). The Kier molecular flexibility index (Phi) is 4.60. The summed E-state index contributed by atoms with van der Waals surface area (Å²) in [4.78, 5) is 0. The maximum atomic E-state index is 5.30. The van der Waals surface area contributed by atoms with Gasteiger partial charge >= 0.3 is 0 Å². The Morgan fingerprint density at radius 3 is 2.59 bits per heavy atom. The third-order valence-electron chi connectivity index (χ3n) is 4.06. The van der Waals surface area contributed by atoms with Gasteiger partial charge in [-0.15, -0.1) is 0 Å². The standard InChI is InChI=1S/C14H24N2O/c1-17-12-9-14(7-4-2-3-5-8-14)13-16-11-6-10-15-16/h6,10-11H,2-5,7-9,12-13H2,1H3. The van der Waals surface area contributed by atoms with Gasteiger partial charge in [0.25, 0.3) is 0 Å². The van der Waals surface area contributed by atoms with Gasteiger partial charge < -0.3 is 4.74 Å². The molecule has 1 saturated carbocycles. The number of rotatable bonds is 5. The third-order valence-corrected chi connectivity index (χ3v) is 4.06. The zero-order valence-electron chi connectivity index (χ0n) is 10.9. The minimum atomic E-state index is 0.415. The molecular weight excluding hydrogens is 212 g/mol. The van der Waals surface area contributed by atoms with E-state index in [1.807, 2.05) is 12.3 Å². The fourth-order valence-corrected chi connectivity index (χ4v) is 3.02. The molecule has 1 aliphatic rings. The van der Waals surface area contributed by atoms with E-state index in [2.05, 4.69) is 16.0 Å². The van der Waals surface area contributed by atoms with Gasteiger partial charge in [-0.3, -0.25) is 4.68 Å². The first kappa shape index (κ1) is 12.6. The summed E-state index contributed by atoms with van der Waals surface area (Å²) < 4.78 is 7.40. The average molecular weight is 236 g/mol. The Morgan fingerprint density at radius 2 is 2.00 bits per heavy atom. The summed E-state index contributed by atoms with van der Waals surface area (Å²) in [6.45, 7) is 1.94. The van der Waals surface area contributed by atoms with Crippen molar-refractivity contribution < 1.29 is 4.74 Å². The highest BCUT2D eigenvalue weighted by molar-refractivity contribution is 4.85. The molecule has 1 heterocycles. The predicted molar refractivity (Wildman–Crippen MR) is 68.9 cm³/mol. The lowest BCUT2D eigenvalue weighted by atomic mass is 9.77. The largest absolute Gasteiger partial charge is 0.385 e. The Hall–Kier alpha value is -0.830. The number of hydrogen-bond donors (Lipinski definition) is 0. The SMILES string of the molecule is COCCC1(Cn2cccn2)CCCCCC1. The molecule has 3 nitrogen and oxygen atoms in total. The number of methoxy groups -OCH3 is 1. The summed E-state index contributed by atoms with van der Waals surface area (Å²) in [6.07, 6.45) is 13.3. The number of aromatic nitrogens is 2. The zero-order chi connectivity index (χ0) is 12.0. The lowest BCUT2D eigenvalue weighted by Crippen LogP contribution is -2.28. The van der Waals surface area contributed by atoms with E-state index >= 15 is 0 Å². The molecule has 0 atom stereocenters. The van der Waals surface area contributed by atoms with Crippen molar-refractivity contribution in [2.24, 2.45) is 5.41 Å². The molecule has 0 N–H and O–H groups in total. The van der Waals surface area contributed by atoms with Gasteiger partial charge in [-0.05, 0) is 30.7 Å². The van der Waals surface area contributed by atoms with Crippen LogP contribution in [0, 0.1) is 5.41 Å². The van der Waals surface area contributed by atoms with Crippen LogP contribution in [0.25, 0.3) is 0 Å². The Bertz CT molecular complexity index is 300. The summed E-state index contributed by atoms with van der Waals surface area (Å²) in [5, 5.41) is 4.37. The van der Waals surface area contributed by atoms with Gasteiger partial charge in [0.1, 0.15) is 0 Å². The molecular formula is C14H24N2O. The van der Waals surface area contributed by atoms with Crippen LogP contribution in [0.15, 0.2) is 18.5 Å². The lowest BCUT2D eigenvalue weighted by Gasteiger charge is -2.32. The van der Waals surface area contributed by atoms with Crippen molar-refractivity contribution >= 4 is 0 Å². The summed E-state index contributed by atoms with van der Waals surface area (Å²) in [6, 6.07) is 2.01. The minimum absolute atomic E-state index is 0.415. The summed E-state index contributed by atoms with van der Waals surface area (Å²) in [5.74, 6) is 0. The van der Waals surface area contributed by atoms with E-state index < -0.39 is 0 Å². The maximum Gasteiger partial charge on any atom is 0.0489 e. The molecule has 0 amide bonds. The van der Waals surface area contributed by atoms with Gasteiger partial charge in [-0.2, -0.15) is 5.10 Å². The number of hydrogen-bond acceptors (Lipinski definition) is 2. The monoisotopic (exact) mass is 236 g/mol. The van der Waals surface area contributed by atoms with E-state index in [1.165, 1.54) is 44.9 Å². The van der Waals surface area contributed by atoms with Crippen LogP contribution in [-0.4, -0.2) is 23.5 Å². The highest BCUT2D eigenvalue weighted by Crippen LogP contribution is 2.39. The molecule has 96 valence electrons. The summed E-state index contributed by atoms with van der Waals surface area (Å²) in [7, 11) is 1.80. The lowest BCUT2D eigenvalue weighted by molar-refractivity contribution is 0.104. The molecule has 0 bridgehead atoms.